The lowest BCUT2D eigenvalue weighted by Crippen LogP contribution is -2.18. The number of halogens is 1. The van der Waals surface area contributed by atoms with Crippen molar-refractivity contribution in [1.82, 2.24) is 4.98 Å². The van der Waals surface area contributed by atoms with Crippen molar-refractivity contribution in [3.63, 3.8) is 0 Å². The number of benzene rings is 1. The molecule has 7 nitrogen and oxygen atoms in total. The molecule has 0 spiro atoms. The van der Waals surface area contributed by atoms with Crippen LogP contribution in [0.3, 0.4) is 0 Å². The number of hydrogen-bond donors (Lipinski definition) is 1. The van der Waals surface area contributed by atoms with E-state index in [4.69, 9.17) is 4.74 Å². The highest BCUT2D eigenvalue weighted by Gasteiger charge is 2.53. The maximum absolute atomic E-state index is 13.4. The van der Waals surface area contributed by atoms with Crippen molar-refractivity contribution in [2.75, 3.05) is 12.4 Å². The molecule has 0 unspecified atom stereocenters. The highest BCUT2D eigenvalue weighted by molar-refractivity contribution is 7.22. The number of thiazole rings is 1. The topological polar surface area (TPSA) is 94.4 Å². The zero-order chi connectivity index (χ0) is 15.1. The molecule has 2 aromatic rings. The van der Waals surface area contributed by atoms with Crippen LogP contribution in [0.25, 0.3) is 10.2 Å². The molecule has 110 valence electrons. The van der Waals surface area contributed by atoms with Crippen LogP contribution < -0.4 is 10.1 Å². The van der Waals surface area contributed by atoms with E-state index in [2.05, 4.69) is 10.3 Å². The Bertz CT molecular complexity index is 747. The van der Waals surface area contributed by atoms with Crippen LogP contribution in [0.5, 0.6) is 5.75 Å². The summed E-state index contributed by atoms with van der Waals surface area (Å²) < 4.78 is 18.9. The third-order valence-electron chi connectivity index (χ3n) is 3.24. The quantitative estimate of drug-likeness (QED) is 0.689. The van der Waals surface area contributed by atoms with Gasteiger partial charge in [0.2, 0.25) is 11.9 Å². The van der Waals surface area contributed by atoms with Gasteiger partial charge in [-0.25, -0.2) is 9.37 Å². The smallest absolute Gasteiger partial charge is 0.236 e. The summed E-state index contributed by atoms with van der Waals surface area (Å²) in [4.78, 5) is 26.1. The second kappa shape index (κ2) is 4.92. The van der Waals surface area contributed by atoms with Gasteiger partial charge in [0.1, 0.15) is 23.0 Å². The maximum atomic E-state index is 13.4. The van der Waals surface area contributed by atoms with E-state index in [9.17, 15) is 19.3 Å². The second-order valence-corrected chi connectivity index (χ2v) is 5.69. The van der Waals surface area contributed by atoms with Crippen molar-refractivity contribution in [2.45, 2.75) is 12.5 Å². The van der Waals surface area contributed by atoms with Gasteiger partial charge in [-0.1, -0.05) is 11.3 Å². The molecule has 1 aliphatic rings. The summed E-state index contributed by atoms with van der Waals surface area (Å²) in [5.41, 5.74) is 0.445. The Morgan fingerprint density at radius 3 is 3.00 bits per heavy atom. The van der Waals surface area contributed by atoms with Crippen LogP contribution >= 0.6 is 11.3 Å². The monoisotopic (exact) mass is 311 g/mol. The number of hydrogen-bond acceptors (Lipinski definition) is 6. The number of fused-ring (bicyclic) bond motifs is 1. The van der Waals surface area contributed by atoms with Crippen LogP contribution in [0, 0.1) is 21.8 Å². The summed E-state index contributed by atoms with van der Waals surface area (Å²) in [6.07, 6.45) is 0.238. The molecule has 0 radical (unpaired) electrons. The lowest BCUT2D eigenvalue weighted by Gasteiger charge is -1.99. The van der Waals surface area contributed by atoms with E-state index in [0.717, 1.165) is 11.3 Å². The molecule has 1 fully saturated rings. The molecule has 1 aromatic carbocycles. The molecule has 1 heterocycles. The molecule has 0 aliphatic heterocycles. The van der Waals surface area contributed by atoms with E-state index in [-0.39, 0.29) is 17.3 Å². The fraction of sp³-hybridized carbons (Fsp3) is 0.333. The molecule has 0 saturated heterocycles. The number of nitrogens with one attached hydrogen (secondary N) is 1. The molecule has 3 rings (SSSR count). The number of anilines is 1. The molecule has 1 amide bonds. The molecule has 21 heavy (non-hydrogen) atoms. The first-order chi connectivity index (χ1) is 9.99. The molecule has 1 aliphatic carbocycles. The average Bonchev–Trinajstić information content (AvgIpc) is 3.14. The molecule has 9 heteroatoms. The zero-order valence-electron chi connectivity index (χ0n) is 10.8. The van der Waals surface area contributed by atoms with Crippen molar-refractivity contribution in [1.29, 1.82) is 0 Å². The van der Waals surface area contributed by atoms with E-state index in [0.29, 0.717) is 10.2 Å². The summed E-state index contributed by atoms with van der Waals surface area (Å²) >= 11 is 1.09. The first-order valence-corrected chi connectivity index (χ1v) is 6.89. The van der Waals surface area contributed by atoms with Gasteiger partial charge in [-0.2, -0.15) is 0 Å². The standard InChI is InChI=1S/C12H10FN3O4S/c1-20-8-2-5(13)3-9-10(8)14-12(21-9)15-11(17)6-4-7(6)16(18)19/h2-3,6-7H,4H2,1H3,(H,14,15,17)/t6-,7-/m0/s1. The highest BCUT2D eigenvalue weighted by Crippen LogP contribution is 2.36. The predicted molar refractivity (Wildman–Crippen MR) is 73.6 cm³/mol. The summed E-state index contributed by atoms with van der Waals surface area (Å²) in [6, 6.07) is 1.69. The van der Waals surface area contributed by atoms with Crippen molar-refractivity contribution < 1.29 is 18.8 Å². The summed E-state index contributed by atoms with van der Waals surface area (Å²) in [6.45, 7) is 0. The van der Waals surface area contributed by atoms with Gasteiger partial charge in [0.05, 0.1) is 11.8 Å². The van der Waals surface area contributed by atoms with E-state index in [1.54, 1.807) is 0 Å². The summed E-state index contributed by atoms with van der Waals surface area (Å²) in [7, 11) is 1.40. The zero-order valence-corrected chi connectivity index (χ0v) is 11.6. The molecule has 0 bridgehead atoms. The van der Waals surface area contributed by atoms with Crippen molar-refractivity contribution in [3.05, 3.63) is 28.1 Å². The largest absolute Gasteiger partial charge is 0.494 e. The molecule has 2 atom stereocenters. The van der Waals surface area contributed by atoms with Gasteiger partial charge in [-0.3, -0.25) is 14.9 Å². The van der Waals surface area contributed by atoms with Gasteiger partial charge in [-0.05, 0) is 6.07 Å². The molecular formula is C12H10FN3O4S. The Balaban J connectivity index is 1.82. The summed E-state index contributed by atoms with van der Waals surface area (Å²) in [5.74, 6) is -1.24. The van der Waals surface area contributed by atoms with Crippen LogP contribution in [0.1, 0.15) is 6.42 Å². The van der Waals surface area contributed by atoms with Crippen LogP contribution in [0.15, 0.2) is 12.1 Å². The first-order valence-electron chi connectivity index (χ1n) is 6.08. The lowest BCUT2D eigenvalue weighted by atomic mass is 10.3. The molecular weight excluding hydrogens is 301 g/mol. The SMILES string of the molecule is COc1cc(F)cc2sc(NC(=O)[C@H]3C[C@@H]3[N+](=O)[O-])nc12. The van der Waals surface area contributed by atoms with Crippen LogP contribution in [0.2, 0.25) is 0 Å². The number of carbonyl (C=O) groups is 1. The van der Waals surface area contributed by atoms with Crippen LogP contribution in [-0.2, 0) is 4.79 Å². The predicted octanol–water partition coefficient (Wildman–Crippen LogP) is 2.05. The number of nitrogens with zero attached hydrogens (tertiary/aromatic N) is 2. The van der Waals surface area contributed by atoms with E-state index >= 15 is 0 Å². The number of ether oxygens (including phenoxy) is 1. The third-order valence-corrected chi connectivity index (χ3v) is 4.16. The maximum Gasteiger partial charge on any atom is 0.236 e. The average molecular weight is 311 g/mol. The molecule has 1 N–H and O–H groups in total. The van der Waals surface area contributed by atoms with Gasteiger partial charge in [0, 0.05) is 17.4 Å². The van der Waals surface area contributed by atoms with Crippen LogP contribution in [-0.4, -0.2) is 29.0 Å². The van der Waals surface area contributed by atoms with Gasteiger partial charge in [0.15, 0.2) is 5.13 Å². The van der Waals surface area contributed by atoms with E-state index < -0.39 is 28.6 Å². The highest BCUT2D eigenvalue weighted by atomic mass is 32.1. The van der Waals surface area contributed by atoms with Gasteiger partial charge < -0.3 is 10.1 Å². The minimum Gasteiger partial charge on any atom is -0.494 e. The Kier molecular flexibility index (Phi) is 3.20. The van der Waals surface area contributed by atoms with E-state index in [1.807, 2.05) is 0 Å². The third kappa shape index (κ3) is 2.51. The number of amides is 1. The second-order valence-electron chi connectivity index (χ2n) is 4.66. The Labute approximate surface area is 121 Å². The Morgan fingerprint density at radius 1 is 1.62 bits per heavy atom. The number of rotatable bonds is 4. The fourth-order valence-corrected chi connectivity index (χ4v) is 2.98. The fourth-order valence-electron chi connectivity index (χ4n) is 2.07. The number of carbonyl (C=O) groups excluding carboxylic acids is 1. The lowest BCUT2D eigenvalue weighted by molar-refractivity contribution is -0.497. The number of aromatic nitrogens is 1. The summed E-state index contributed by atoms with van der Waals surface area (Å²) in [5, 5.41) is 13.4. The first kappa shape index (κ1) is 13.7. The minimum absolute atomic E-state index is 0.238. The number of methoxy groups -OCH3 is 1. The van der Waals surface area contributed by atoms with Gasteiger partial charge in [-0.15, -0.1) is 0 Å². The number of nitro groups is 1. The van der Waals surface area contributed by atoms with Crippen LogP contribution in [0.4, 0.5) is 9.52 Å². The Hall–Kier alpha value is -2.29. The van der Waals surface area contributed by atoms with Crippen molar-refractivity contribution >= 4 is 32.6 Å². The molecule has 1 aromatic heterocycles. The van der Waals surface area contributed by atoms with Crippen molar-refractivity contribution in [2.24, 2.45) is 5.92 Å². The van der Waals surface area contributed by atoms with Crippen molar-refractivity contribution in [3.8, 4) is 5.75 Å². The van der Waals surface area contributed by atoms with Gasteiger partial charge in [0.25, 0.3) is 0 Å². The normalized spacial score (nSPS) is 20.3. The minimum atomic E-state index is -0.814. The molecule has 1 saturated carbocycles. The van der Waals surface area contributed by atoms with E-state index in [1.165, 1.54) is 19.2 Å². The Morgan fingerprint density at radius 2 is 2.38 bits per heavy atom. The van der Waals surface area contributed by atoms with Gasteiger partial charge >= 0.3 is 0 Å².